The molecule has 0 unspecified atom stereocenters. The number of aromatic nitrogens is 2. The SMILES string of the molecule is Cc1sc2ncn(NC(=O)CCNS(=O)(=O)c3ccc(F)c(F)c3)c(=O)c2c1C. The number of nitrogens with zero attached hydrogens (tertiary/aromatic N) is 2. The summed E-state index contributed by atoms with van der Waals surface area (Å²) in [6.07, 6.45) is 0.887. The third-order valence-corrected chi connectivity index (χ3v) is 6.75. The maximum Gasteiger partial charge on any atom is 0.281 e. The third-order valence-electron chi connectivity index (χ3n) is 4.18. The molecule has 154 valence electrons. The normalized spacial score (nSPS) is 11.7. The average Bonchev–Trinajstić information content (AvgIpc) is 2.94. The van der Waals surface area contributed by atoms with Crippen LogP contribution in [0.3, 0.4) is 0 Å². The average molecular weight is 442 g/mol. The van der Waals surface area contributed by atoms with Gasteiger partial charge < -0.3 is 0 Å². The van der Waals surface area contributed by atoms with E-state index < -0.39 is 38.0 Å². The number of hydrogen-bond donors (Lipinski definition) is 2. The summed E-state index contributed by atoms with van der Waals surface area (Å²) in [4.78, 5) is 29.8. The van der Waals surface area contributed by atoms with Gasteiger partial charge in [-0.3, -0.25) is 15.0 Å². The smallest absolute Gasteiger partial charge is 0.273 e. The van der Waals surface area contributed by atoms with Crippen molar-refractivity contribution >= 4 is 37.5 Å². The van der Waals surface area contributed by atoms with Crippen molar-refractivity contribution in [3.8, 4) is 0 Å². The minimum atomic E-state index is -4.12. The van der Waals surface area contributed by atoms with Gasteiger partial charge in [-0.05, 0) is 37.6 Å². The van der Waals surface area contributed by atoms with Crippen molar-refractivity contribution in [1.29, 1.82) is 0 Å². The van der Waals surface area contributed by atoms with Crippen LogP contribution in [0.4, 0.5) is 8.78 Å². The topological polar surface area (TPSA) is 110 Å². The number of aryl methyl sites for hydroxylation is 2. The van der Waals surface area contributed by atoms with Crippen molar-refractivity contribution in [2.45, 2.75) is 25.2 Å². The molecule has 0 aliphatic heterocycles. The first kappa shape index (κ1) is 21.0. The fourth-order valence-electron chi connectivity index (χ4n) is 2.53. The maximum atomic E-state index is 13.2. The molecule has 2 heterocycles. The lowest BCUT2D eigenvalue weighted by Gasteiger charge is -2.09. The first-order chi connectivity index (χ1) is 13.6. The van der Waals surface area contributed by atoms with Crippen LogP contribution in [0.25, 0.3) is 10.2 Å². The number of fused-ring (bicyclic) bond motifs is 1. The molecule has 12 heteroatoms. The van der Waals surface area contributed by atoms with Crippen LogP contribution in [0, 0.1) is 25.5 Å². The van der Waals surface area contributed by atoms with Gasteiger partial charge in [0.05, 0.1) is 10.3 Å². The van der Waals surface area contributed by atoms with Crippen LogP contribution in [-0.2, 0) is 14.8 Å². The molecule has 0 fully saturated rings. The molecule has 0 atom stereocenters. The molecule has 0 radical (unpaired) electrons. The molecule has 1 amide bonds. The minimum Gasteiger partial charge on any atom is -0.273 e. The Hall–Kier alpha value is -2.70. The third kappa shape index (κ3) is 4.33. The molecule has 0 aliphatic carbocycles. The molecule has 2 aromatic heterocycles. The first-order valence-electron chi connectivity index (χ1n) is 8.32. The summed E-state index contributed by atoms with van der Waals surface area (Å²) in [6, 6.07) is 2.15. The Labute approximate surface area is 168 Å². The number of carbonyl (C=O) groups excluding carboxylic acids is 1. The molecule has 8 nitrogen and oxygen atoms in total. The molecule has 3 rings (SSSR count). The van der Waals surface area contributed by atoms with Crippen LogP contribution >= 0.6 is 11.3 Å². The molecular formula is C17H16F2N4O4S2. The molecule has 2 N–H and O–H groups in total. The standard InChI is InChI=1S/C17H16F2N4O4S2/c1-9-10(2)28-16-15(9)17(25)23(8-20-16)22-14(24)5-6-21-29(26,27)11-3-4-12(18)13(19)7-11/h3-4,7-8,21H,5-6H2,1-2H3,(H,22,24). The number of hydrogen-bond acceptors (Lipinski definition) is 6. The predicted octanol–water partition coefficient (Wildman–Crippen LogP) is 1.79. The van der Waals surface area contributed by atoms with Gasteiger partial charge in [0.1, 0.15) is 11.2 Å². The number of rotatable bonds is 6. The fraction of sp³-hybridized carbons (Fsp3) is 0.235. The summed E-state index contributed by atoms with van der Waals surface area (Å²) in [5.41, 5.74) is 2.69. The highest BCUT2D eigenvalue weighted by Crippen LogP contribution is 2.25. The lowest BCUT2D eigenvalue weighted by molar-refractivity contribution is -0.117. The molecule has 0 spiro atoms. The van der Waals surface area contributed by atoms with E-state index in [4.69, 9.17) is 0 Å². The lowest BCUT2D eigenvalue weighted by atomic mass is 10.2. The molecular weight excluding hydrogens is 426 g/mol. The van der Waals surface area contributed by atoms with Gasteiger partial charge in [-0.1, -0.05) is 0 Å². The van der Waals surface area contributed by atoms with Gasteiger partial charge in [0.15, 0.2) is 11.6 Å². The van der Waals surface area contributed by atoms with Crippen LogP contribution in [0.5, 0.6) is 0 Å². The van der Waals surface area contributed by atoms with Gasteiger partial charge in [0, 0.05) is 17.8 Å². The number of thiophene rings is 1. The Morgan fingerprint density at radius 2 is 1.97 bits per heavy atom. The largest absolute Gasteiger partial charge is 0.281 e. The van der Waals surface area contributed by atoms with Crippen molar-refractivity contribution in [2.24, 2.45) is 0 Å². The van der Waals surface area contributed by atoms with E-state index in [9.17, 15) is 26.8 Å². The van der Waals surface area contributed by atoms with Gasteiger partial charge in [-0.25, -0.2) is 31.6 Å². The monoisotopic (exact) mass is 442 g/mol. The second-order valence-corrected chi connectivity index (χ2v) is 9.11. The highest BCUT2D eigenvalue weighted by atomic mass is 32.2. The first-order valence-corrected chi connectivity index (χ1v) is 10.6. The Balaban J connectivity index is 1.65. The van der Waals surface area contributed by atoms with Gasteiger partial charge in [0.25, 0.3) is 5.56 Å². The van der Waals surface area contributed by atoms with Gasteiger partial charge in [-0.15, -0.1) is 11.3 Å². The van der Waals surface area contributed by atoms with E-state index in [2.05, 4.69) is 15.1 Å². The summed E-state index contributed by atoms with van der Waals surface area (Å²) < 4.78 is 53.4. The van der Waals surface area contributed by atoms with E-state index in [0.717, 1.165) is 21.2 Å². The number of sulfonamides is 1. The van der Waals surface area contributed by atoms with Crippen LogP contribution in [0.1, 0.15) is 16.9 Å². The highest BCUT2D eigenvalue weighted by Gasteiger charge is 2.17. The summed E-state index contributed by atoms with van der Waals surface area (Å²) in [5, 5.41) is 0.411. The highest BCUT2D eigenvalue weighted by molar-refractivity contribution is 7.89. The number of nitrogens with one attached hydrogen (secondary N) is 2. The summed E-state index contributed by atoms with van der Waals surface area (Å²) in [5.74, 6) is -3.10. The number of benzene rings is 1. The number of amides is 1. The number of halogens is 2. The van der Waals surface area contributed by atoms with Crippen molar-refractivity contribution < 1.29 is 22.0 Å². The Morgan fingerprint density at radius 3 is 2.66 bits per heavy atom. The Kier molecular flexibility index (Phi) is 5.78. The summed E-state index contributed by atoms with van der Waals surface area (Å²) >= 11 is 1.37. The predicted molar refractivity (Wildman–Crippen MR) is 104 cm³/mol. The molecule has 0 saturated heterocycles. The van der Waals surface area contributed by atoms with Crippen LogP contribution in [-0.4, -0.2) is 30.5 Å². The maximum absolute atomic E-state index is 13.2. The van der Waals surface area contributed by atoms with Crippen molar-refractivity contribution in [1.82, 2.24) is 14.4 Å². The van der Waals surface area contributed by atoms with E-state index >= 15 is 0 Å². The van der Waals surface area contributed by atoms with Crippen molar-refractivity contribution in [3.05, 3.63) is 57.0 Å². The van der Waals surface area contributed by atoms with Gasteiger partial charge in [0.2, 0.25) is 15.9 Å². The Morgan fingerprint density at radius 1 is 1.24 bits per heavy atom. The van der Waals surface area contributed by atoms with E-state index in [0.29, 0.717) is 22.3 Å². The molecule has 0 saturated carbocycles. The molecule has 0 bridgehead atoms. The Bertz CT molecular complexity index is 1270. The van der Waals surface area contributed by atoms with Crippen molar-refractivity contribution in [2.75, 3.05) is 12.0 Å². The number of carbonyl (C=O) groups is 1. The van der Waals surface area contributed by atoms with Crippen LogP contribution in [0.2, 0.25) is 0 Å². The van der Waals surface area contributed by atoms with Crippen LogP contribution < -0.4 is 15.7 Å². The second kappa shape index (κ2) is 7.97. The lowest BCUT2D eigenvalue weighted by Crippen LogP contribution is -2.35. The molecule has 1 aromatic carbocycles. The zero-order chi connectivity index (χ0) is 21.3. The summed E-state index contributed by atoms with van der Waals surface area (Å²) in [7, 11) is -4.12. The van der Waals surface area contributed by atoms with E-state index in [1.807, 2.05) is 6.92 Å². The van der Waals surface area contributed by atoms with Crippen LogP contribution in [0.15, 0.2) is 34.2 Å². The minimum absolute atomic E-state index is 0.297. The van der Waals surface area contributed by atoms with Gasteiger partial charge >= 0.3 is 0 Å². The van der Waals surface area contributed by atoms with Gasteiger partial charge in [-0.2, -0.15) is 0 Å². The van der Waals surface area contributed by atoms with Crippen molar-refractivity contribution in [3.63, 3.8) is 0 Å². The fourth-order valence-corrected chi connectivity index (χ4v) is 4.56. The van der Waals surface area contributed by atoms with E-state index in [-0.39, 0.29) is 13.0 Å². The molecule has 0 aliphatic rings. The molecule has 3 aromatic rings. The zero-order valence-electron chi connectivity index (χ0n) is 15.3. The van der Waals surface area contributed by atoms with E-state index in [1.165, 1.54) is 17.7 Å². The second-order valence-electron chi connectivity index (χ2n) is 6.14. The van der Waals surface area contributed by atoms with E-state index in [1.54, 1.807) is 6.92 Å². The zero-order valence-corrected chi connectivity index (χ0v) is 17.0. The quantitative estimate of drug-likeness (QED) is 0.605. The molecule has 29 heavy (non-hydrogen) atoms. The summed E-state index contributed by atoms with van der Waals surface area (Å²) in [6.45, 7) is 3.34.